The Kier molecular flexibility index (Phi) is 13.8. The third-order valence-corrected chi connectivity index (χ3v) is 9.27. The lowest BCUT2D eigenvalue weighted by atomic mass is 9.98. The number of hydrogen-bond donors (Lipinski definition) is 0. The SMILES string of the molecule is CC.CC.CCC(C)n1ncn(-c2ccc(N3CCN(c4ccc(OCC5CO[C@](CC)(c6ccc(Cl)cc6C)O5)cc4)CC3)cc2)c1=O. The Hall–Kier alpha value is -3.79. The molecular weight excluding hydrogens is 638 g/mol. The standard InChI is InChI=1S/C35H42ClN5O4.2C2H6/c1-5-26(4)41-34(42)40(24-37-41)30-10-8-28(9-11-30)38-17-19-39(20-18-38)29-12-14-31(15-13-29)43-22-32-23-44-35(6-2,45-32)33-16-7-27(36)21-25(33)3;2*1-2/h7-16,21,24,26,32H,5-6,17-20,22-23H2,1-4H3;2*1-2H3/t26?,32?,35-;;/m0../s1. The van der Waals surface area contributed by atoms with Gasteiger partial charge < -0.3 is 24.0 Å². The van der Waals surface area contributed by atoms with Crippen molar-refractivity contribution in [2.75, 3.05) is 49.2 Å². The molecule has 2 aliphatic heterocycles. The van der Waals surface area contributed by atoms with Crippen LogP contribution in [0.5, 0.6) is 5.75 Å². The Morgan fingerprint density at radius 2 is 1.47 bits per heavy atom. The van der Waals surface area contributed by atoms with Gasteiger partial charge in [-0.1, -0.05) is 59.2 Å². The highest BCUT2D eigenvalue weighted by Crippen LogP contribution is 2.39. The number of hydrogen-bond acceptors (Lipinski definition) is 7. The second-order valence-corrected chi connectivity index (χ2v) is 12.3. The highest BCUT2D eigenvalue weighted by atomic mass is 35.5. The summed E-state index contributed by atoms with van der Waals surface area (Å²) in [7, 11) is 0. The molecule has 9 nitrogen and oxygen atoms in total. The maximum absolute atomic E-state index is 12.8. The molecule has 2 unspecified atom stereocenters. The molecule has 2 aliphatic rings. The van der Waals surface area contributed by atoms with Crippen LogP contribution in [0.3, 0.4) is 0 Å². The molecule has 0 radical (unpaired) electrons. The van der Waals surface area contributed by atoms with E-state index in [-0.39, 0.29) is 17.8 Å². The van der Waals surface area contributed by atoms with Gasteiger partial charge in [-0.25, -0.2) is 14.0 Å². The number of benzene rings is 3. The molecule has 1 aromatic heterocycles. The fourth-order valence-electron chi connectivity index (χ4n) is 6.18. The normalized spacial score (nSPS) is 19.4. The number of anilines is 2. The van der Waals surface area contributed by atoms with Crippen LogP contribution >= 0.6 is 11.6 Å². The van der Waals surface area contributed by atoms with Gasteiger partial charge in [0.25, 0.3) is 0 Å². The first-order chi connectivity index (χ1) is 23.8. The van der Waals surface area contributed by atoms with E-state index in [9.17, 15) is 4.79 Å². The number of ether oxygens (including phenoxy) is 3. The van der Waals surface area contributed by atoms with Crippen molar-refractivity contribution in [3.63, 3.8) is 0 Å². The molecule has 266 valence electrons. The van der Waals surface area contributed by atoms with E-state index >= 15 is 0 Å². The number of aromatic nitrogens is 3. The quantitative estimate of drug-likeness (QED) is 0.165. The van der Waals surface area contributed by atoms with Gasteiger partial charge in [0, 0.05) is 54.6 Å². The van der Waals surface area contributed by atoms with E-state index in [1.54, 1.807) is 15.6 Å². The number of rotatable bonds is 10. The third kappa shape index (κ3) is 8.69. The van der Waals surface area contributed by atoms with Crippen LogP contribution in [0.15, 0.2) is 77.9 Å². The van der Waals surface area contributed by atoms with E-state index in [1.165, 1.54) is 5.69 Å². The van der Waals surface area contributed by atoms with E-state index in [4.69, 9.17) is 25.8 Å². The lowest BCUT2D eigenvalue weighted by molar-refractivity contribution is -0.181. The Bertz CT molecular complexity index is 1650. The first-order valence-electron chi connectivity index (χ1n) is 17.9. The molecule has 0 aliphatic carbocycles. The summed E-state index contributed by atoms with van der Waals surface area (Å²) < 4.78 is 21.9. The van der Waals surface area contributed by atoms with Crippen LogP contribution in [0.25, 0.3) is 5.69 Å². The zero-order valence-electron chi connectivity index (χ0n) is 30.5. The summed E-state index contributed by atoms with van der Waals surface area (Å²) in [5.74, 6) is 0.0413. The van der Waals surface area contributed by atoms with Gasteiger partial charge in [0.1, 0.15) is 24.8 Å². The highest BCUT2D eigenvalue weighted by Gasteiger charge is 2.43. The average molecular weight is 692 g/mol. The van der Waals surface area contributed by atoms with Crippen molar-refractivity contribution in [2.24, 2.45) is 0 Å². The minimum atomic E-state index is -0.770. The molecule has 0 N–H and O–H groups in total. The van der Waals surface area contributed by atoms with Crippen molar-refractivity contribution in [3.05, 3.63) is 99.7 Å². The monoisotopic (exact) mass is 691 g/mol. The van der Waals surface area contributed by atoms with Gasteiger partial charge in [0.05, 0.1) is 18.3 Å². The van der Waals surface area contributed by atoms with Gasteiger partial charge in [-0.2, -0.15) is 5.10 Å². The van der Waals surface area contributed by atoms with E-state index < -0.39 is 5.79 Å². The largest absolute Gasteiger partial charge is 0.491 e. The summed E-state index contributed by atoms with van der Waals surface area (Å²) in [5.41, 5.74) is 5.12. The summed E-state index contributed by atoms with van der Waals surface area (Å²) in [5, 5.41) is 5.01. The predicted molar refractivity (Wildman–Crippen MR) is 201 cm³/mol. The van der Waals surface area contributed by atoms with Crippen molar-refractivity contribution in [2.45, 2.75) is 86.2 Å². The topological polar surface area (TPSA) is 74.0 Å². The first-order valence-corrected chi connectivity index (χ1v) is 18.3. The van der Waals surface area contributed by atoms with E-state index in [0.29, 0.717) is 24.7 Å². The Morgan fingerprint density at radius 3 is 2.02 bits per heavy atom. The summed E-state index contributed by atoms with van der Waals surface area (Å²) >= 11 is 6.17. The fraction of sp³-hybridized carbons (Fsp3) is 0.487. The second-order valence-electron chi connectivity index (χ2n) is 11.9. The van der Waals surface area contributed by atoms with Crippen LogP contribution in [-0.4, -0.2) is 59.8 Å². The van der Waals surface area contributed by atoms with Crippen LogP contribution in [-0.2, 0) is 15.3 Å². The van der Waals surface area contributed by atoms with Gasteiger partial charge in [0.2, 0.25) is 0 Å². The van der Waals surface area contributed by atoms with Crippen LogP contribution in [0.1, 0.15) is 78.5 Å². The number of halogens is 1. The average Bonchev–Trinajstić information content (AvgIpc) is 3.76. The van der Waals surface area contributed by atoms with Gasteiger partial charge in [-0.3, -0.25) is 0 Å². The minimum absolute atomic E-state index is 0.0759. The molecule has 0 bridgehead atoms. The van der Waals surface area contributed by atoms with E-state index in [0.717, 1.165) is 60.9 Å². The van der Waals surface area contributed by atoms with Crippen molar-refractivity contribution in [3.8, 4) is 11.4 Å². The van der Waals surface area contributed by atoms with Crippen molar-refractivity contribution in [1.29, 1.82) is 0 Å². The van der Waals surface area contributed by atoms with E-state index in [2.05, 4.69) is 53.0 Å². The molecule has 3 atom stereocenters. The Labute approximate surface area is 297 Å². The molecular formula is C39H54ClN5O4. The Balaban J connectivity index is 0.00000130. The molecule has 49 heavy (non-hydrogen) atoms. The zero-order valence-corrected chi connectivity index (χ0v) is 31.2. The zero-order chi connectivity index (χ0) is 35.6. The maximum Gasteiger partial charge on any atom is 0.350 e. The van der Waals surface area contributed by atoms with Crippen LogP contribution in [0, 0.1) is 6.92 Å². The minimum Gasteiger partial charge on any atom is -0.491 e. The van der Waals surface area contributed by atoms with Crippen LogP contribution < -0.4 is 20.2 Å². The molecule has 10 heteroatoms. The second kappa shape index (κ2) is 17.7. The van der Waals surface area contributed by atoms with Crippen LogP contribution in [0.4, 0.5) is 11.4 Å². The van der Waals surface area contributed by atoms with Gasteiger partial charge in [-0.15, -0.1) is 0 Å². The summed E-state index contributed by atoms with van der Waals surface area (Å²) in [6, 6.07) is 22.4. The Morgan fingerprint density at radius 1 is 0.898 bits per heavy atom. The molecule has 3 aromatic carbocycles. The first kappa shape index (κ1) is 38.0. The molecule has 0 saturated carbocycles. The molecule has 2 fully saturated rings. The number of nitrogens with zero attached hydrogens (tertiary/aromatic N) is 5. The molecule has 6 rings (SSSR count). The van der Waals surface area contributed by atoms with Crippen molar-refractivity contribution >= 4 is 23.0 Å². The maximum atomic E-state index is 12.8. The predicted octanol–water partition coefficient (Wildman–Crippen LogP) is 8.40. The molecule has 4 aromatic rings. The van der Waals surface area contributed by atoms with Crippen LogP contribution in [0.2, 0.25) is 5.02 Å². The summed E-state index contributed by atoms with van der Waals surface area (Å²) in [6.07, 6.45) is 3.00. The van der Waals surface area contributed by atoms with Gasteiger partial charge >= 0.3 is 5.69 Å². The summed E-state index contributed by atoms with van der Waals surface area (Å²) in [6.45, 7) is 20.7. The third-order valence-electron chi connectivity index (χ3n) is 9.04. The summed E-state index contributed by atoms with van der Waals surface area (Å²) in [4.78, 5) is 17.6. The molecule has 0 amide bonds. The number of piperazine rings is 1. The highest BCUT2D eigenvalue weighted by molar-refractivity contribution is 6.30. The molecule has 3 heterocycles. The van der Waals surface area contributed by atoms with Gasteiger partial charge in [0.15, 0.2) is 5.79 Å². The lowest BCUT2D eigenvalue weighted by Gasteiger charge is -2.37. The van der Waals surface area contributed by atoms with Crippen molar-refractivity contribution < 1.29 is 14.2 Å². The fourth-order valence-corrected chi connectivity index (χ4v) is 6.40. The smallest absolute Gasteiger partial charge is 0.350 e. The van der Waals surface area contributed by atoms with E-state index in [1.807, 2.05) is 84.0 Å². The lowest BCUT2D eigenvalue weighted by Crippen LogP contribution is -2.46. The van der Waals surface area contributed by atoms with Gasteiger partial charge in [-0.05, 0) is 86.5 Å². The molecule has 0 spiro atoms. The molecule has 2 saturated heterocycles. The van der Waals surface area contributed by atoms with Crippen molar-refractivity contribution in [1.82, 2.24) is 14.3 Å². The number of aryl methyl sites for hydroxylation is 1.